The van der Waals surface area contributed by atoms with Gasteiger partial charge in [0.25, 0.3) is 5.91 Å². The van der Waals surface area contributed by atoms with Crippen LogP contribution in [0.1, 0.15) is 29.6 Å². The van der Waals surface area contributed by atoms with Crippen LogP contribution in [-0.2, 0) is 0 Å². The van der Waals surface area contributed by atoms with Crippen LogP contribution in [0.3, 0.4) is 0 Å². The highest BCUT2D eigenvalue weighted by Crippen LogP contribution is 2.06. The zero-order valence-corrected chi connectivity index (χ0v) is 11.0. The summed E-state index contributed by atoms with van der Waals surface area (Å²) in [6.45, 7) is 0.631. The lowest BCUT2D eigenvalue weighted by Crippen LogP contribution is -2.24. The fraction of sp³-hybridized carbons (Fsp3) is 0.333. The lowest BCUT2D eigenvalue weighted by Gasteiger charge is -2.04. The number of rotatable bonds is 5. The molecule has 0 spiro atoms. The number of nitriles is 1. The molecule has 1 amide bonds. The van der Waals surface area contributed by atoms with E-state index in [4.69, 9.17) is 5.26 Å². The predicted octanol–water partition coefficient (Wildman–Crippen LogP) is 2.71. The van der Waals surface area contributed by atoms with Gasteiger partial charge < -0.3 is 5.32 Å². The number of carbonyl (C=O) groups is 1. The summed E-state index contributed by atoms with van der Waals surface area (Å²) in [5.74, 6) is -0.0478. The van der Waals surface area contributed by atoms with Crippen LogP contribution in [0.2, 0.25) is 0 Å². The van der Waals surface area contributed by atoms with E-state index < -0.39 is 0 Å². The Bertz CT molecular complexity index is 381. The monoisotopic (exact) mass is 328 g/mol. The van der Waals surface area contributed by atoms with Gasteiger partial charge in [-0.05, 0) is 59.7 Å². The van der Waals surface area contributed by atoms with Crippen molar-refractivity contribution in [3.05, 3.63) is 33.4 Å². The van der Waals surface area contributed by atoms with Crippen molar-refractivity contribution in [2.45, 2.75) is 19.3 Å². The molecule has 0 aliphatic rings. The summed E-state index contributed by atoms with van der Waals surface area (Å²) in [5.41, 5.74) is 0.681. The van der Waals surface area contributed by atoms with Gasteiger partial charge in [-0.3, -0.25) is 4.79 Å². The molecule has 0 aliphatic heterocycles. The highest BCUT2D eigenvalue weighted by molar-refractivity contribution is 14.1. The van der Waals surface area contributed by atoms with Crippen LogP contribution in [0.15, 0.2) is 24.3 Å². The van der Waals surface area contributed by atoms with E-state index in [-0.39, 0.29) is 5.91 Å². The summed E-state index contributed by atoms with van der Waals surface area (Å²) in [4.78, 5) is 11.6. The molecule has 0 saturated heterocycles. The zero-order valence-electron chi connectivity index (χ0n) is 8.87. The largest absolute Gasteiger partial charge is 0.352 e. The van der Waals surface area contributed by atoms with Crippen molar-refractivity contribution in [1.29, 1.82) is 5.26 Å². The van der Waals surface area contributed by atoms with Crippen LogP contribution < -0.4 is 5.32 Å². The maximum Gasteiger partial charge on any atom is 0.251 e. The van der Waals surface area contributed by atoms with Crippen LogP contribution >= 0.6 is 22.6 Å². The summed E-state index contributed by atoms with van der Waals surface area (Å²) in [6.07, 6.45) is 2.24. The van der Waals surface area contributed by atoms with Gasteiger partial charge in [0.05, 0.1) is 6.07 Å². The van der Waals surface area contributed by atoms with Crippen molar-refractivity contribution in [2.24, 2.45) is 0 Å². The van der Waals surface area contributed by atoms with Crippen LogP contribution in [0.5, 0.6) is 0 Å². The Balaban J connectivity index is 2.30. The van der Waals surface area contributed by atoms with Crippen LogP contribution in [-0.4, -0.2) is 12.5 Å². The molecule has 0 bridgehead atoms. The van der Waals surface area contributed by atoms with E-state index in [1.165, 1.54) is 0 Å². The summed E-state index contributed by atoms with van der Waals surface area (Å²) in [6, 6.07) is 9.52. The number of halogens is 1. The smallest absolute Gasteiger partial charge is 0.251 e. The molecule has 1 aromatic carbocycles. The summed E-state index contributed by atoms with van der Waals surface area (Å²) >= 11 is 2.20. The minimum absolute atomic E-state index is 0.0478. The molecule has 3 nitrogen and oxygen atoms in total. The fourth-order valence-corrected chi connectivity index (χ4v) is 1.59. The molecule has 0 atom stereocenters. The minimum Gasteiger partial charge on any atom is -0.352 e. The Hall–Kier alpha value is -1.09. The lowest BCUT2D eigenvalue weighted by molar-refractivity contribution is 0.0953. The van der Waals surface area contributed by atoms with Gasteiger partial charge in [0.2, 0.25) is 0 Å². The van der Waals surface area contributed by atoms with Crippen LogP contribution in [0, 0.1) is 14.9 Å². The molecule has 1 rings (SSSR count). The van der Waals surface area contributed by atoms with Crippen molar-refractivity contribution < 1.29 is 4.79 Å². The minimum atomic E-state index is -0.0478. The Morgan fingerprint density at radius 3 is 2.62 bits per heavy atom. The summed E-state index contributed by atoms with van der Waals surface area (Å²) in [7, 11) is 0. The van der Waals surface area contributed by atoms with Crippen LogP contribution in [0.25, 0.3) is 0 Å². The summed E-state index contributed by atoms with van der Waals surface area (Å²) < 4.78 is 1.11. The van der Waals surface area contributed by atoms with Gasteiger partial charge in [-0.15, -0.1) is 0 Å². The Labute approximate surface area is 109 Å². The van der Waals surface area contributed by atoms with Gasteiger partial charge in [-0.1, -0.05) is 0 Å². The van der Waals surface area contributed by atoms with Crippen molar-refractivity contribution >= 4 is 28.5 Å². The van der Waals surface area contributed by atoms with Gasteiger partial charge in [-0.2, -0.15) is 5.26 Å². The number of unbranched alkanes of at least 4 members (excludes halogenated alkanes) is 2. The number of benzene rings is 1. The third kappa shape index (κ3) is 4.62. The van der Waals surface area contributed by atoms with Gasteiger partial charge in [0.15, 0.2) is 0 Å². The molecule has 0 fully saturated rings. The molecular weight excluding hydrogens is 315 g/mol. The first-order valence-corrected chi connectivity index (χ1v) is 6.22. The van der Waals surface area contributed by atoms with Gasteiger partial charge in [0, 0.05) is 22.1 Å². The quantitative estimate of drug-likeness (QED) is 0.667. The van der Waals surface area contributed by atoms with E-state index in [0.29, 0.717) is 18.5 Å². The first-order valence-electron chi connectivity index (χ1n) is 5.15. The second-order valence-corrected chi connectivity index (χ2v) is 4.62. The predicted molar refractivity (Wildman–Crippen MR) is 71.0 cm³/mol. The van der Waals surface area contributed by atoms with Gasteiger partial charge >= 0.3 is 0 Å². The lowest BCUT2D eigenvalue weighted by atomic mass is 10.2. The maximum absolute atomic E-state index is 11.6. The Kier molecular flexibility index (Phi) is 5.86. The van der Waals surface area contributed by atoms with E-state index in [1.807, 2.05) is 24.3 Å². The first-order chi connectivity index (χ1) is 7.74. The number of carbonyl (C=O) groups excluding carboxylic acids is 1. The molecule has 0 aromatic heterocycles. The number of hydrogen-bond acceptors (Lipinski definition) is 2. The molecule has 1 aromatic rings. The highest BCUT2D eigenvalue weighted by Gasteiger charge is 2.03. The molecule has 0 saturated carbocycles. The van der Waals surface area contributed by atoms with E-state index in [2.05, 4.69) is 34.0 Å². The highest BCUT2D eigenvalue weighted by atomic mass is 127. The van der Waals surface area contributed by atoms with Crippen molar-refractivity contribution in [3.63, 3.8) is 0 Å². The SMILES string of the molecule is N#CCCCCNC(=O)c1ccc(I)cc1. The molecule has 0 aliphatic carbocycles. The normalized spacial score (nSPS) is 9.50. The first kappa shape index (κ1) is 13.0. The molecule has 0 unspecified atom stereocenters. The summed E-state index contributed by atoms with van der Waals surface area (Å²) in [5, 5.41) is 11.2. The molecule has 1 N–H and O–H groups in total. The molecule has 0 radical (unpaired) electrons. The second kappa shape index (κ2) is 7.23. The molecule has 4 heteroatoms. The zero-order chi connectivity index (χ0) is 11.8. The van der Waals surface area contributed by atoms with E-state index in [9.17, 15) is 4.79 Å². The Morgan fingerprint density at radius 2 is 2.00 bits per heavy atom. The number of amides is 1. The van der Waals surface area contributed by atoms with Gasteiger partial charge in [0.1, 0.15) is 0 Å². The molecule has 16 heavy (non-hydrogen) atoms. The standard InChI is InChI=1S/C12H13IN2O/c13-11-6-4-10(5-7-11)12(16)15-9-3-1-2-8-14/h4-7H,1-3,9H2,(H,15,16). The molecule has 84 valence electrons. The number of hydrogen-bond donors (Lipinski definition) is 1. The van der Waals surface area contributed by atoms with Crippen molar-refractivity contribution in [1.82, 2.24) is 5.32 Å². The molecular formula is C12H13IN2O. The third-order valence-electron chi connectivity index (χ3n) is 2.11. The average Bonchev–Trinajstić information content (AvgIpc) is 2.29. The number of nitrogens with zero attached hydrogens (tertiary/aromatic N) is 1. The van der Waals surface area contributed by atoms with Crippen molar-refractivity contribution in [3.8, 4) is 6.07 Å². The fourth-order valence-electron chi connectivity index (χ4n) is 1.23. The van der Waals surface area contributed by atoms with E-state index >= 15 is 0 Å². The average molecular weight is 328 g/mol. The van der Waals surface area contributed by atoms with E-state index in [0.717, 1.165) is 16.4 Å². The Morgan fingerprint density at radius 1 is 1.31 bits per heavy atom. The maximum atomic E-state index is 11.6. The third-order valence-corrected chi connectivity index (χ3v) is 2.83. The van der Waals surface area contributed by atoms with E-state index in [1.54, 1.807) is 0 Å². The van der Waals surface area contributed by atoms with Crippen molar-refractivity contribution in [2.75, 3.05) is 6.54 Å². The van der Waals surface area contributed by atoms with Gasteiger partial charge in [-0.25, -0.2) is 0 Å². The number of nitrogens with one attached hydrogen (secondary N) is 1. The van der Waals surface area contributed by atoms with Crippen LogP contribution in [0.4, 0.5) is 0 Å². The molecule has 0 heterocycles. The second-order valence-electron chi connectivity index (χ2n) is 3.38. The topological polar surface area (TPSA) is 52.9 Å².